The van der Waals surface area contributed by atoms with Crippen molar-refractivity contribution in [2.75, 3.05) is 0 Å². The molecule has 0 saturated heterocycles. The average molecular weight is 286 g/mol. The van der Waals surface area contributed by atoms with Gasteiger partial charge >= 0.3 is 0 Å². The summed E-state index contributed by atoms with van der Waals surface area (Å²) in [6, 6.07) is 5.98. The zero-order chi connectivity index (χ0) is 14.6. The molecule has 21 heavy (non-hydrogen) atoms. The van der Waals surface area contributed by atoms with Crippen LogP contribution < -0.4 is 0 Å². The van der Waals surface area contributed by atoms with E-state index < -0.39 is 0 Å². The molecule has 114 valence electrons. The molecule has 2 heteroatoms. The van der Waals surface area contributed by atoms with Crippen molar-refractivity contribution >= 4 is 0 Å². The second-order valence-corrected chi connectivity index (χ2v) is 7.52. The van der Waals surface area contributed by atoms with Gasteiger partial charge < -0.3 is 10.2 Å². The van der Waals surface area contributed by atoms with Crippen molar-refractivity contribution in [1.29, 1.82) is 0 Å². The molecule has 1 aromatic carbocycles. The number of phenolic OH excluding ortho intramolecular Hbond substituents is 1. The lowest BCUT2D eigenvalue weighted by molar-refractivity contribution is -0.0394. The minimum atomic E-state index is -0.0744. The van der Waals surface area contributed by atoms with Crippen LogP contribution in [0.4, 0.5) is 0 Å². The molecule has 5 unspecified atom stereocenters. The van der Waals surface area contributed by atoms with Gasteiger partial charge in [-0.05, 0) is 91.4 Å². The molecule has 2 nitrogen and oxygen atoms in total. The fourth-order valence-electron chi connectivity index (χ4n) is 6.03. The van der Waals surface area contributed by atoms with Gasteiger partial charge in [-0.1, -0.05) is 13.0 Å². The molecule has 0 spiro atoms. The number of aromatic hydroxyl groups is 1. The van der Waals surface area contributed by atoms with Crippen LogP contribution in [0, 0.1) is 17.3 Å². The molecule has 3 aliphatic rings. The number of aliphatic hydroxyl groups excluding tert-OH is 1. The highest BCUT2D eigenvalue weighted by Crippen LogP contribution is 2.62. The van der Waals surface area contributed by atoms with E-state index in [1.807, 2.05) is 12.1 Å². The molecule has 2 saturated carbocycles. The third-order valence-corrected chi connectivity index (χ3v) is 7.04. The average Bonchev–Trinajstić information content (AvgIpc) is 2.84. The molecule has 5 atom stereocenters. The monoisotopic (exact) mass is 286 g/mol. The Hall–Kier alpha value is -1.02. The highest BCUT2D eigenvalue weighted by atomic mass is 16.3. The van der Waals surface area contributed by atoms with Crippen molar-refractivity contribution < 1.29 is 10.2 Å². The third kappa shape index (κ3) is 1.81. The summed E-state index contributed by atoms with van der Waals surface area (Å²) in [6.07, 6.45) is 7.99. The minimum Gasteiger partial charge on any atom is -0.508 e. The summed E-state index contributed by atoms with van der Waals surface area (Å²) in [7, 11) is 0. The fourth-order valence-corrected chi connectivity index (χ4v) is 6.03. The number of phenols is 1. The van der Waals surface area contributed by atoms with Crippen LogP contribution in [0.1, 0.15) is 62.5 Å². The van der Waals surface area contributed by atoms with Crippen LogP contribution in [-0.2, 0) is 6.42 Å². The maximum atomic E-state index is 10.6. The van der Waals surface area contributed by atoms with Crippen LogP contribution in [0.2, 0.25) is 0 Å². The Morgan fingerprint density at radius 3 is 2.86 bits per heavy atom. The van der Waals surface area contributed by atoms with E-state index in [1.165, 1.54) is 36.8 Å². The predicted molar refractivity (Wildman–Crippen MR) is 83.3 cm³/mol. The lowest BCUT2D eigenvalue weighted by Gasteiger charge is -2.51. The first-order chi connectivity index (χ1) is 10.2. The molecule has 0 radical (unpaired) electrons. The van der Waals surface area contributed by atoms with Gasteiger partial charge in [-0.25, -0.2) is 0 Å². The molecule has 0 aromatic heterocycles. The van der Waals surface area contributed by atoms with Gasteiger partial charge in [-0.2, -0.15) is 0 Å². The Balaban J connectivity index is 1.71. The Kier molecular flexibility index (Phi) is 3.08. The highest BCUT2D eigenvalue weighted by molar-refractivity contribution is 5.40. The number of hydrogen-bond acceptors (Lipinski definition) is 2. The van der Waals surface area contributed by atoms with Crippen LogP contribution in [0.25, 0.3) is 0 Å². The number of aryl methyl sites for hydroxylation is 1. The summed E-state index contributed by atoms with van der Waals surface area (Å²) < 4.78 is 0. The largest absolute Gasteiger partial charge is 0.508 e. The summed E-state index contributed by atoms with van der Waals surface area (Å²) in [5.41, 5.74) is 3.05. The Morgan fingerprint density at radius 2 is 2.05 bits per heavy atom. The van der Waals surface area contributed by atoms with E-state index in [9.17, 15) is 10.2 Å². The quantitative estimate of drug-likeness (QED) is 0.819. The van der Waals surface area contributed by atoms with E-state index in [0.717, 1.165) is 25.2 Å². The van der Waals surface area contributed by atoms with Crippen molar-refractivity contribution in [3.63, 3.8) is 0 Å². The van der Waals surface area contributed by atoms with Gasteiger partial charge in [0.05, 0.1) is 6.10 Å². The van der Waals surface area contributed by atoms with Crippen molar-refractivity contribution in [1.82, 2.24) is 0 Å². The van der Waals surface area contributed by atoms with E-state index >= 15 is 0 Å². The van der Waals surface area contributed by atoms with Crippen molar-refractivity contribution in [2.24, 2.45) is 17.3 Å². The van der Waals surface area contributed by atoms with Gasteiger partial charge in [0.2, 0.25) is 0 Å². The van der Waals surface area contributed by atoms with Crippen molar-refractivity contribution in [2.45, 2.75) is 63.9 Å². The number of benzene rings is 1. The molecular formula is C19H26O2. The number of hydrogen-bond donors (Lipinski definition) is 2. The van der Waals surface area contributed by atoms with Gasteiger partial charge in [0.15, 0.2) is 0 Å². The number of rotatable bonds is 1. The van der Waals surface area contributed by atoms with Gasteiger partial charge in [0, 0.05) is 0 Å². The molecule has 2 N–H and O–H groups in total. The molecule has 0 aliphatic heterocycles. The second kappa shape index (κ2) is 4.74. The third-order valence-electron chi connectivity index (χ3n) is 7.04. The van der Waals surface area contributed by atoms with E-state index in [2.05, 4.69) is 13.0 Å². The SMILES string of the molecule is CCC12CCC3c4ccc(O)cc4CCC3C1CCC2O. The minimum absolute atomic E-state index is 0.0744. The molecule has 0 bridgehead atoms. The van der Waals surface area contributed by atoms with E-state index in [0.29, 0.717) is 17.6 Å². The van der Waals surface area contributed by atoms with Gasteiger partial charge in [0.1, 0.15) is 5.75 Å². The Bertz CT molecular complexity index is 552. The van der Waals surface area contributed by atoms with E-state index in [-0.39, 0.29) is 11.5 Å². The maximum absolute atomic E-state index is 10.6. The summed E-state index contributed by atoms with van der Waals surface area (Å²) >= 11 is 0. The predicted octanol–water partition coefficient (Wildman–Crippen LogP) is 4.00. The number of aliphatic hydroxyl groups is 1. The second-order valence-electron chi connectivity index (χ2n) is 7.52. The summed E-state index contributed by atoms with van der Waals surface area (Å²) in [6.45, 7) is 2.27. The first kappa shape index (κ1) is 13.6. The molecular weight excluding hydrogens is 260 g/mol. The lowest BCUT2D eigenvalue weighted by Crippen LogP contribution is -2.45. The van der Waals surface area contributed by atoms with Gasteiger partial charge in [-0.3, -0.25) is 0 Å². The molecule has 4 rings (SSSR count). The van der Waals surface area contributed by atoms with Crippen LogP contribution in [-0.4, -0.2) is 16.3 Å². The first-order valence-electron chi connectivity index (χ1n) is 8.65. The highest BCUT2D eigenvalue weighted by Gasteiger charge is 2.55. The molecule has 0 heterocycles. The van der Waals surface area contributed by atoms with Crippen LogP contribution in [0.3, 0.4) is 0 Å². The lowest BCUT2D eigenvalue weighted by atomic mass is 9.54. The molecule has 2 fully saturated rings. The van der Waals surface area contributed by atoms with Crippen molar-refractivity contribution in [3.05, 3.63) is 29.3 Å². The molecule has 1 aromatic rings. The fraction of sp³-hybridized carbons (Fsp3) is 0.684. The summed E-state index contributed by atoms with van der Waals surface area (Å²) in [5.74, 6) is 2.51. The van der Waals surface area contributed by atoms with Crippen LogP contribution in [0.5, 0.6) is 5.75 Å². The van der Waals surface area contributed by atoms with Crippen LogP contribution in [0.15, 0.2) is 18.2 Å². The zero-order valence-electron chi connectivity index (χ0n) is 12.9. The Labute approximate surface area is 127 Å². The number of fused-ring (bicyclic) bond motifs is 5. The van der Waals surface area contributed by atoms with E-state index in [1.54, 1.807) is 0 Å². The topological polar surface area (TPSA) is 40.5 Å². The first-order valence-corrected chi connectivity index (χ1v) is 8.65. The zero-order valence-corrected chi connectivity index (χ0v) is 12.9. The maximum Gasteiger partial charge on any atom is 0.115 e. The van der Waals surface area contributed by atoms with E-state index in [4.69, 9.17) is 0 Å². The molecule has 3 aliphatic carbocycles. The van der Waals surface area contributed by atoms with Gasteiger partial charge in [0.25, 0.3) is 0 Å². The van der Waals surface area contributed by atoms with Crippen molar-refractivity contribution in [3.8, 4) is 5.75 Å². The van der Waals surface area contributed by atoms with Gasteiger partial charge in [-0.15, -0.1) is 0 Å². The normalized spacial score (nSPS) is 41.2. The van der Waals surface area contributed by atoms with Crippen LogP contribution >= 0.6 is 0 Å². The Morgan fingerprint density at radius 1 is 1.19 bits per heavy atom. The summed E-state index contributed by atoms with van der Waals surface area (Å²) in [4.78, 5) is 0. The summed E-state index contributed by atoms with van der Waals surface area (Å²) in [5, 5.41) is 20.3. The standard InChI is InChI=1S/C19H26O2/c1-2-19-10-9-15-14-6-4-13(20)11-12(14)3-5-16(15)17(19)7-8-18(19)21/h4,6,11,15-18,20-21H,2-3,5,7-10H2,1H3. The molecule has 0 amide bonds. The smallest absolute Gasteiger partial charge is 0.115 e.